The molecule has 1 aliphatic rings. The normalized spacial score (nSPS) is 14.6. The molecule has 148 valence electrons. The maximum atomic E-state index is 13.1. The van der Waals surface area contributed by atoms with Crippen molar-refractivity contribution in [3.05, 3.63) is 99.0 Å². The molecular formula is C21H19FN4O3. The highest BCUT2D eigenvalue weighted by Gasteiger charge is 2.17. The average molecular weight is 394 g/mol. The van der Waals surface area contributed by atoms with E-state index in [1.54, 1.807) is 41.2 Å². The summed E-state index contributed by atoms with van der Waals surface area (Å²) < 4.78 is 16.2. The smallest absolute Gasteiger partial charge is 0.293 e. The molecular weight excluding hydrogens is 375 g/mol. The highest BCUT2D eigenvalue weighted by Crippen LogP contribution is 2.18. The fourth-order valence-electron chi connectivity index (χ4n) is 3.47. The second kappa shape index (κ2) is 7.84. The first-order chi connectivity index (χ1) is 14.0. The number of aromatic nitrogens is 2. The van der Waals surface area contributed by atoms with Gasteiger partial charge in [-0.1, -0.05) is 18.2 Å². The van der Waals surface area contributed by atoms with Crippen LogP contribution < -0.4 is 5.69 Å². The van der Waals surface area contributed by atoms with Gasteiger partial charge in [0.25, 0.3) is 5.69 Å². The minimum atomic E-state index is -0.472. The van der Waals surface area contributed by atoms with Crippen molar-refractivity contribution in [2.45, 2.75) is 13.0 Å². The molecule has 0 amide bonds. The second-order valence-corrected chi connectivity index (χ2v) is 6.92. The quantitative estimate of drug-likeness (QED) is 0.491. The Morgan fingerprint density at radius 3 is 2.38 bits per heavy atom. The summed E-state index contributed by atoms with van der Waals surface area (Å²) in [7, 11) is 0. The predicted molar refractivity (Wildman–Crippen MR) is 107 cm³/mol. The molecule has 0 bridgehead atoms. The second-order valence-electron chi connectivity index (χ2n) is 6.92. The van der Waals surface area contributed by atoms with Crippen molar-refractivity contribution in [2.75, 3.05) is 13.1 Å². The van der Waals surface area contributed by atoms with E-state index in [0.717, 1.165) is 24.2 Å². The van der Waals surface area contributed by atoms with E-state index in [1.807, 2.05) is 6.08 Å². The number of nitro benzene ring substituents is 1. The van der Waals surface area contributed by atoms with Gasteiger partial charge in [-0.05, 0) is 36.2 Å². The van der Waals surface area contributed by atoms with Crippen LogP contribution in [0.1, 0.15) is 12.0 Å². The molecule has 4 rings (SSSR count). The zero-order valence-corrected chi connectivity index (χ0v) is 15.6. The molecule has 0 radical (unpaired) electrons. The Labute approximate surface area is 166 Å². The van der Waals surface area contributed by atoms with Gasteiger partial charge < -0.3 is 0 Å². The van der Waals surface area contributed by atoms with E-state index in [0.29, 0.717) is 18.8 Å². The molecule has 0 aliphatic carbocycles. The molecule has 2 heterocycles. The molecule has 2 aromatic carbocycles. The highest BCUT2D eigenvalue weighted by atomic mass is 19.1. The van der Waals surface area contributed by atoms with Crippen LogP contribution in [-0.4, -0.2) is 32.0 Å². The molecule has 0 unspecified atom stereocenters. The minimum absolute atomic E-state index is 0.0207. The van der Waals surface area contributed by atoms with E-state index in [1.165, 1.54) is 28.8 Å². The third-order valence-corrected chi connectivity index (χ3v) is 4.96. The zero-order valence-electron chi connectivity index (χ0n) is 15.6. The Balaban J connectivity index is 1.52. The van der Waals surface area contributed by atoms with Crippen molar-refractivity contribution < 1.29 is 9.31 Å². The van der Waals surface area contributed by atoms with E-state index in [-0.39, 0.29) is 17.2 Å². The molecule has 7 nitrogen and oxygen atoms in total. The molecule has 0 atom stereocenters. The fourth-order valence-corrected chi connectivity index (χ4v) is 3.47. The topological polar surface area (TPSA) is 73.3 Å². The number of halogens is 1. The number of non-ortho nitro benzene ring substituents is 1. The van der Waals surface area contributed by atoms with Crippen LogP contribution in [0.2, 0.25) is 0 Å². The Bertz CT molecular complexity index is 1110. The van der Waals surface area contributed by atoms with Crippen LogP contribution in [0.25, 0.3) is 11.4 Å². The Kier molecular flexibility index (Phi) is 5.09. The van der Waals surface area contributed by atoms with Gasteiger partial charge in [0, 0.05) is 49.9 Å². The minimum Gasteiger partial charge on any atom is -0.293 e. The maximum Gasteiger partial charge on any atom is 0.337 e. The molecule has 0 saturated carbocycles. The fraction of sp³-hybridized carbons (Fsp3) is 0.190. The Morgan fingerprint density at radius 1 is 1.00 bits per heavy atom. The monoisotopic (exact) mass is 394 g/mol. The first-order valence-electron chi connectivity index (χ1n) is 9.22. The van der Waals surface area contributed by atoms with E-state index in [9.17, 15) is 19.3 Å². The standard InChI is InChI=1S/C21H19FN4O3/c22-17-5-3-16(4-6-17)14-23-11-1-2-20(15-23)25-13-12-24(21(25)27)18-7-9-19(10-8-18)26(28)29/h2-10,12-13H,1,11,14-15H2. The van der Waals surface area contributed by atoms with E-state index in [4.69, 9.17) is 0 Å². The highest BCUT2D eigenvalue weighted by molar-refractivity contribution is 5.49. The van der Waals surface area contributed by atoms with Gasteiger partial charge in [0.1, 0.15) is 5.82 Å². The summed E-state index contributed by atoms with van der Waals surface area (Å²) >= 11 is 0. The number of imidazole rings is 1. The number of benzene rings is 2. The third kappa shape index (κ3) is 4.02. The first-order valence-corrected chi connectivity index (χ1v) is 9.22. The van der Waals surface area contributed by atoms with Gasteiger partial charge in [-0.25, -0.2) is 9.18 Å². The molecule has 0 N–H and O–H groups in total. The van der Waals surface area contributed by atoms with Crippen molar-refractivity contribution in [3.8, 4) is 5.69 Å². The number of rotatable bonds is 5. The Morgan fingerprint density at radius 2 is 1.69 bits per heavy atom. The lowest BCUT2D eigenvalue weighted by atomic mass is 10.1. The summed E-state index contributed by atoms with van der Waals surface area (Å²) in [6.45, 7) is 2.13. The molecule has 0 saturated heterocycles. The van der Waals surface area contributed by atoms with Gasteiger partial charge in [0.15, 0.2) is 0 Å². The molecule has 29 heavy (non-hydrogen) atoms. The van der Waals surface area contributed by atoms with Gasteiger partial charge in [-0.2, -0.15) is 0 Å². The summed E-state index contributed by atoms with van der Waals surface area (Å²) in [6.07, 6.45) is 6.22. The van der Waals surface area contributed by atoms with Crippen LogP contribution in [0.3, 0.4) is 0 Å². The van der Waals surface area contributed by atoms with E-state index < -0.39 is 4.92 Å². The number of hydrogen-bond donors (Lipinski definition) is 0. The van der Waals surface area contributed by atoms with Gasteiger partial charge in [0.05, 0.1) is 10.6 Å². The van der Waals surface area contributed by atoms with Crippen LogP contribution in [0.4, 0.5) is 10.1 Å². The number of nitro groups is 1. The maximum absolute atomic E-state index is 13.1. The first kappa shape index (κ1) is 18.8. The van der Waals surface area contributed by atoms with Crippen molar-refractivity contribution in [1.82, 2.24) is 14.0 Å². The van der Waals surface area contributed by atoms with Gasteiger partial charge in [-0.15, -0.1) is 0 Å². The van der Waals surface area contributed by atoms with Gasteiger partial charge in [-0.3, -0.25) is 24.1 Å². The van der Waals surface area contributed by atoms with Crippen LogP contribution in [0.15, 0.2) is 71.8 Å². The van der Waals surface area contributed by atoms with Gasteiger partial charge >= 0.3 is 5.69 Å². The van der Waals surface area contributed by atoms with Gasteiger partial charge in [0.2, 0.25) is 0 Å². The van der Waals surface area contributed by atoms with E-state index >= 15 is 0 Å². The van der Waals surface area contributed by atoms with Crippen LogP contribution in [-0.2, 0) is 6.54 Å². The predicted octanol–water partition coefficient (Wildman–Crippen LogP) is 3.43. The van der Waals surface area contributed by atoms with Crippen molar-refractivity contribution >= 4 is 11.4 Å². The molecule has 1 aliphatic heterocycles. The molecule has 0 fully saturated rings. The Hall–Kier alpha value is -3.52. The van der Waals surface area contributed by atoms with E-state index in [2.05, 4.69) is 4.90 Å². The summed E-state index contributed by atoms with van der Waals surface area (Å²) in [5, 5.41) is 10.8. The van der Waals surface area contributed by atoms with Crippen molar-refractivity contribution in [1.29, 1.82) is 0 Å². The van der Waals surface area contributed by atoms with Crippen LogP contribution >= 0.6 is 0 Å². The molecule has 8 heteroatoms. The largest absolute Gasteiger partial charge is 0.337 e. The summed E-state index contributed by atoms with van der Waals surface area (Å²) in [6, 6.07) is 12.3. The molecule has 0 spiro atoms. The lowest BCUT2D eigenvalue weighted by molar-refractivity contribution is -0.384. The molecule has 1 aromatic heterocycles. The summed E-state index contributed by atoms with van der Waals surface area (Å²) in [4.78, 5) is 25.4. The summed E-state index contributed by atoms with van der Waals surface area (Å²) in [5.41, 5.74) is 2.22. The van der Waals surface area contributed by atoms with Crippen LogP contribution in [0.5, 0.6) is 0 Å². The van der Waals surface area contributed by atoms with Crippen molar-refractivity contribution in [3.63, 3.8) is 0 Å². The third-order valence-electron chi connectivity index (χ3n) is 4.96. The lowest BCUT2D eigenvalue weighted by Crippen LogP contribution is -2.33. The SMILES string of the molecule is O=c1n(C2=CCCN(Cc3ccc(F)cc3)C2)ccn1-c1ccc([N+](=O)[O-])cc1. The summed E-state index contributed by atoms with van der Waals surface area (Å²) in [5.74, 6) is -0.257. The van der Waals surface area contributed by atoms with Crippen LogP contribution in [0, 0.1) is 15.9 Å². The van der Waals surface area contributed by atoms with Crippen molar-refractivity contribution in [2.24, 2.45) is 0 Å². The zero-order chi connectivity index (χ0) is 20.4. The lowest BCUT2D eigenvalue weighted by Gasteiger charge is -2.27. The average Bonchev–Trinajstić information content (AvgIpc) is 3.11. The number of nitrogens with zero attached hydrogens (tertiary/aromatic N) is 4. The number of hydrogen-bond acceptors (Lipinski definition) is 4. The molecule has 3 aromatic rings.